The van der Waals surface area contributed by atoms with Crippen molar-refractivity contribution < 1.29 is 9.53 Å². The van der Waals surface area contributed by atoms with Crippen molar-refractivity contribution in [2.24, 2.45) is 16.8 Å². The van der Waals surface area contributed by atoms with Gasteiger partial charge in [-0.3, -0.25) is 4.99 Å². The predicted octanol–water partition coefficient (Wildman–Crippen LogP) is 4.78. The lowest BCUT2D eigenvalue weighted by molar-refractivity contribution is -0.135. The Bertz CT molecular complexity index is 1120. The molecule has 2 aromatic carbocycles. The number of amidine groups is 1. The molecule has 0 radical (unpaired) electrons. The maximum Gasteiger partial charge on any atom is 0.341 e. The highest BCUT2D eigenvalue weighted by atomic mass is 16.5. The zero-order valence-electron chi connectivity index (χ0n) is 16.3. The molecule has 1 saturated carbocycles. The molecule has 1 aliphatic heterocycles. The molecule has 5 heteroatoms. The fourth-order valence-corrected chi connectivity index (χ4v) is 4.01. The number of nitrogens with zero attached hydrogens (tertiary/aromatic N) is 1. The topological polar surface area (TPSA) is 66.5 Å². The number of fused-ring (bicyclic) bond motifs is 1. The van der Waals surface area contributed by atoms with Crippen LogP contribution in [0.15, 0.2) is 71.4 Å². The normalized spacial score (nSPS) is 18.9. The second-order valence-corrected chi connectivity index (χ2v) is 7.72. The van der Waals surface area contributed by atoms with Crippen molar-refractivity contribution in [1.29, 1.82) is 0 Å². The summed E-state index contributed by atoms with van der Waals surface area (Å²) in [4.78, 5) is 20.4. The van der Waals surface area contributed by atoms with Gasteiger partial charge in [-0.05, 0) is 42.5 Å². The highest BCUT2D eigenvalue weighted by molar-refractivity contribution is 6.24. The van der Waals surface area contributed by atoms with Crippen LogP contribution in [0, 0.1) is 11.8 Å². The van der Waals surface area contributed by atoms with Crippen LogP contribution in [-0.2, 0) is 9.53 Å². The zero-order valence-corrected chi connectivity index (χ0v) is 16.3. The SMILES string of the molecule is COC(=O)C1=CC(C2CC2)CN=C1Nc1ccc2[nH]cc(-c3ccccc3)c2c1. The summed E-state index contributed by atoms with van der Waals surface area (Å²) in [6.45, 7) is 0.717. The summed E-state index contributed by atoms with van der Waals surface area (Å²) >= 11 is 0. The van der Waals surface area contributed by atoms with Crippen LogP contribution in [0.5, 0.6) is 0 Å². The van der Waals surface area contributed by atoms with Gasteiger partial charge >= 0.3 is 5.97 Å². The predicted molar refractivity (Wildman–Crippen MR) is 116 cm³/mol. The highest BCUT2D eigenvalue weighted by Crippen LogP contribution is 2.39. The maximum atomic E-state index is 12.3. The van der Waals surface area contributed by atoms with E-state index in [2.05, 4.69) is 28.5 Å². The van der Waals surface area contributed by atoms with Crippen LogP contribution >= 0.6 is 0 Å². The van der Waals surface area contributed by atoms with Crippen LogP contribution in [0.4, 0.5) is 5.69 Å². The van der Waals surface area contributed by atoms with E-state index in [1.165, 1.54) is 20.0 Å². The summed E-state index contributed by atoms with van der Waals surface area (Å²) in [7, 11) is 1.42. The number of anilines is 1. The molecule has 5 rings (SSSR count). The van der Waals surface area contributed by atoms with E-state index in [-0.39, 0.29) is 5.97 Å². The Balaban J connectivity index is 1.46. The number of dihydropyridines is 1. The summed E-state index contributed by atoms with van der Waals surface area (Å²) in [5, 5.41) is 4.48. The number of aromatic amines is 1. The van der Waals surface area contributed by atoms with E-state index in [0.29, 0.717) is 23.2 Å². The average molecular weight is 385 g/mol. The third kappa shape index (κ3) is 3.44. The molecule has 0 amide bonds. The third-order valence-electron chi connectivity index (χ3n) is 5.76. The first kappa shape index (κ1) is 17.7. The van der Waals surface area contributed by atoms with Crippen LogP contribution in [0.25, 0.3) is 22.0 Å². The Kier molecular flexibility index (Phi) is 4.43. The quantitative estimate of drug-likeness (QED) is 0.635. The monoisotopic (exact) mass is 385 g/mol. The van der Waals surface area contributed by atoms with Crippen LogP contribution < -0.4 is 5.32 Å². The number of benzene rings is 2. The van der Waals surface area contributed by atoms with Crippen LogP contribution in [0.1, 0.15) is 12.8 Å². The number of esters is 1. The summed E-state index contributed by atoms with van der Waals surface area (Å²) in [6.07, 6.45) is 6.52. The van der Waals surface area contributed by atoms with Gasteiger partial charge in [-0.1, -0.05) is 36.4 Å². The van der Waals surface area contributed by atoms with Crippen molar-refractivity contribution in [2.45, 2.75) is 12.8 Å². The van der Waals surface area contributed by atoms with E-state index in [1.54, 1.807) is 0 Å². The standard InChI is InChI=1S/C24H23N3O2/c1-29-24(28)20-11-17(15-7-8-15)13-26-23(20)27-18-9-10-22-19(12-18)21(14-25-22)16-5-3-2-4-6-16/h2-6,9-12,14-15,17,25H,7-8,13H2,1H3,(H,26,27). The third-order valence-corrected chi connectivity index (χ3v) is 5.76. The molecule has 0 bridgehead atoms. The van der Waals surface area contributed by atoms with Gasteiger partial charge < -0.3 is 15.0 Å². The Labute approximate surface area is 169 Å². The summed E-state index contributed by atoms with van der Waals surface area (Å²) in [5.41, 5.74) is 4.80. The highest BCUT2D eigenvalue weighted by Gasteiger charge is 2.34. The fourth-order valence-electron chi connectivity index (χ4n) is 4.01. The zero-order chi connectivity index (χ0) is 19.8. The minimum atomic E-state index is -0.339. The summed E-state index contributed by atoms with van der Waals surface area (Å²) in [6, 6.07) is 16.4. The minimum absolute atomic E-state index is 0.339. The first-order chi connectivity index (χ1) is 14.2. The molecule has 146 valence electrons. The van der Waals surface area contributed by atoms with Crippen molar-refractivity contribution in [3.8, 4) is 11.1 Å². The van der Waals surface area contributed by atoms with Crippen molar-refractivity contribution >= 4 is 28.4 Å². The molecule has 0 spiro atoms. The molecule has 3 aromatic rings. The molecule has 2 aliphatic rings. The van der Waals surface area contributed by atoms with Gasteiger partial charge in [-0.2, -0.15) is 0 Å². The fraction of sp³-hybridized carbons (Fsp3) is 0.250. The molecule has 1 fully saturated rings. The molecular formula is C24H23N3O2. The van der Waals surface area contributed by atoms with E-state index in [1.807, 2.05) is 42.6 Å². The number of carbonyl (C=O) groups excluding carboxylic acids is 1. The lowest BCUT2D eigenvalue weighted by Gasteiger charge is -2.20. The molecule has 2 heterocycles. The van der Waals surface area contributed by atoms with E-state index in [9.17, 15) is 4.79 Å². The van der Waals surface area contributed by atoms with Crippen LogP contribution in [0.3, 0.4) is 0 Å². The van der Waals surface area contributed by atoms with Gasteiger partial charge in [-0.25, -0.2) is 4.79 Å². The first-order valence-corrected chi connectivity index (χ1v) is 10.0. The molecule has 1 unspecified atom stereocenters. The van der Waals surface area contributed by atoms with Gasteiger partial charge in [0.05, 0.1) is 12.7 Å². The number of hydrogen-bond acceptors (Lipinski definition) is 4. The lowest BCUT2D eigenvalue weighted by atomic mass is 9.97. The van der Waals surface area contributed by atoms with Crippen LogP contribution in [0.2, 0.25) is 0 Å². The molecule has 2 N–H and O–H groups in total. The van der Waals surface area contributed by atoms with Gasteiger partial charge in [0, 0.05) is 40.8 Å². The Morgan fingerprint density at radius 1 is 1.17 bits per heavy atom. The number of H-pyrrole nitrogens is 1. The molecular weight excluding hydrogens is 362 g/mol. The molecule has 5 nitrogen and oxygen atoms in total. The van der Waals surface area contributed by atoms with Crippen molar-refractivity contribution in [2.75, 3.05) is 19.0 Å². The number of aliphatic imine (C=N–C) groups is 1. The number of nitrogens with one attached hydrogen (secondary N) is 2. The largest absolute Gasteiger partial charge is 0.465 e. The Hall–Kier alpha value is -3.34. The first-order valence-electron chi connectivity index (χ1n) is 10.0. The minimum Gasteiger partial charge on any atom is -0.465 e. The smallest absolute Gasteiger partial charge is 0.341 e. The van der Waals surface area contributed by atoms with Crippen molar-refractivity contribution in [1.82, 2.24) is 4.98 Å². The Morgan fingerprint density at radius 2 is 2.00 bits per heavy atom. The molecule has 1 aliphatic carbocycles. The average Bonchev–Trinajstić information content (AvgIpc) is 3.53. The Morgan fingerprint density at radius 3 is 2.76 bits per heavy atom. The molecule has 0 saturated heterocycles. The summed E-state index contributed by atoms with van der Waals surface area (Å²) in [5.74, 6) is 1.25. The van der Waals surface area contributed by atoms with Crippen molar-refractivity contribution in [3.05, 3.63) is 66.4 Å². The van der Waals surface area contributed by atoms with Gasteiger partial charge in [0.15, 0.2) is 0 Å². The number of carbonyl (C=O) groups is 1. The molecule has 1 atom stereocenters. The van der Waals surface area contributed by atoms with Gasteiger partial charge in [0.1, 0.15) is 5.84 Å². The van der Waals surface area contributed by atoms with E-state index < -0.39 is 0 Å². The molecule has 1 aromatic heterocycles. The van der Waals surface area contributed by atoms with E-state index in [0.717, 1.165) is 34.3 Å². The van der Waals surface area contributed by atoms with E-state index >= 15 is 0 Å². The lowest BCUT2D eigenvalue weighted by Crippen LogP contribution is -2.28. The number of hydrogen-bond donors (Lipinski definition) is 2. The number of rotatable bonds is 4. The van der Waals surface area contributed by atoms with Crippen molar-refractivity contribution in [3.63, 3.8) is 0 Å². The van der Waals surface area contributed by atoms with Crippen LogP contribution in [-0.4, -0.2) is 30.4 Å². The van der Waals surface area contributed by atoms with E-state index in [4.69, 9.17) is 9.73 Å². The number of aromatic nitrogens is 1. The number of methoxy groups -OCH3 is 1. The van der Waals surface area contributed by atoms with Gasteiger partial charge in [0.25, 0.3) is 0 Å². The van der Waals surface area contributed by atoms with Gasteiger partial charge in [0.2, 0.25) is 0 Å². The molecule has 29 heavy (non-hydrogen) atoms. The maximum absolute atomic E-state index is 12.3. The van der Waals surface area contributed by atoms with Gasteiger partial charge in [-0.15, -0.1) is 0 Å². The number of ether oxygens (including phenoxy) is 1. The summed E-state index contributed by atoms with van der Waals surface area (Å²) < 4.78 is 5.01. The second-order valence-electron chi connectivity index (χ2n) is 7.72. The second kappa shape index (κ2) is 7.24.